The van der Waals surface area contributed by atoms with E-state index >= 15 is 0 Å². The van der Waals surface area contributed by atoms with Crippen LogP contribution >= 0.6 is 0 Å². The molecule has 0 radical (unpaired) electrons. The zero-order chi connectivity index (χ0) is 12.7. The SMILES string of the molecule is C[Si](C)(C)c1coc([Si](C)(C)C)c1C(=O)O. The summed E-state index contributed by atoms with van der Waals surface area (Å²) in [6, 6.07) is 0. The summed E-state index contributed by atoms with van der Waals surface area (Å²) < 4.78 is 5.56. The van der Waals surface area contributed by atoms with Crippen molar-refractivity contribution in [3.63, 3.8) is 0 Å². The van der Waals surface area contributed by atoms with Crippen LogP contribution in [0, 0.1) is 0 Å². The second-order valence-corrected chi connectivity index (χ2v) is 16.2. The summed E-state index contributed by atoms with van der Waals surface area (Å²) in [6.07, 6.45) is 1.67. The van der Waals surface area contributed by atoms with Crippen molar-refractivity contribution in [3.8, 4) is 0 Å². The van der Waals surface area contributed by atoms with E-state index in [2.05, 4.69) is 39.3 Å². The summed E-state index contributed by atoms with van der Waals surface area (Å²) in [5.74, 6) is -0.844. The first kappa shape index (κ1) is 13.2. The quantitative estimate of drug-likeness (QED) is 0.842. The van der Waals surface area contributed by atoms with Gasteiger partial charge in [0.1, 0.15) is 8.07 Å². The summed E-state index contributed by atoms with van der Waals surface area (Å²) in [7, 11) is -3.37. The van der Waals surface area contributed by atoms with Crippen molar-refractivity contribution in [3.05, 3.63) is 11.8 Å². The predicted molar refractivity (Wildman–Crippen MR) is 71.6 cm³/mol. The van der Waals surface area contributed by atoms with E-state index in [9.17, 15) is 9.90 Å². The van der Waals surface area contributed by atoms with Crippen molar-refractivity contribution >= 4 is 32.7 Å². The maximum Gasteiger partial charge on any atom is 0.338 e. The molecular weight excluding hydrogens is 236 g/mol. The Morgan fingerprint density at radius 3 is 1.94 bits per heavy atom. The highest BCUT2D eigenvalue weighted by Gasteiger charge is 2.34. The Morgan fingerprint density at radius 2 is 1.62 bits per heavy atom. The van der Waals surface area contributed by atoms with Gasteiger partial charge in [-0.25, -0.2) is 4.79 Å². The number of carboxylic acid groups (broad SMARTS) is 1. The number of hydrogen-bond acceptors (Lipinski definition) is 2. The molecule has 0 aliphatic carbocycles. The van der Waals surface area contributed by atoms with Crippen LogP contribution in [0.2, 0.25) is 39.3 Å². The maximum atomic E-state index is 11.4. The first-order chi connectivity index (χ1) is 7.05. The van der Waals surface area contributed by atoms with Crippen molar-refractivity contribution in [1.29, 1.82) is 0 Å². The Bertz CT molecular complexity index is 376. The minimum Gasteiger partial charge on any atom is -0.478 e. The molecule has 3 nitrogen and oxygen atoms in total. The average Bonchev–Trinajstić information content (AvgIpc) is 2.43. The van der Waals surface area contributed by atoms with Gasteiger partial charge in [-0.1, -0.05) is 39.3 Å². The minimum absolute atomic E-state index is 0.443. The second-order valence-electron chi connectivity index (χ2n) is 6.16. The molecule has 0 aliphatic rings. The number of hydrogen-bond donors (Lipinski definition) is 1. The van der Waals surface area contributed by atoms with E-state index in [4.69, 9.17) is 4.42 Å². The van der Waals surface area contributed by atoms with Crippen LogP contribution in [0.25, 0.3) is 0 Å². The fourth-order valence-corrected chi connectivity index (χ4v) is 4.59. The van der Waals surface area contributed by atoms with Gasteiger partial charge in [-0.3, -0.25) is 0 Å². The molecule has 0 aromatic carbocycles. The normalized spacial score (nSPS) is 12.9. The largest absolute Gasteiger partial charge is 0.478 e. The molecule has 0 saturated heterocycles. The van der Waals surface area contributed by atoms with E-state index in [1.165, 1.54) is 0 Å². The Balaban J connectivity index is 3.47. The molecule has 0 fully saturated rings. The third kappa shape index (κ3) is 2.46. The highest BCUT2D eigenvalue weighted by Crippen LogP contribution is 2.12. The number of aromatic carboxylic acids is 1. The Hall–Kier alpha value is -0.816. The summed E-state index contributed by atoms with van der Waals surface area (Å²) in [5, 5.41) is 11.0. The Labute approximate surface area is 98.5 Å². The zero-order valence-electron chi connectivity index (χ0n) is 10.8. The van der Waals surface area contributed by atoms with Gasteiger partial charge >= 0.3 is 5.97 Å². The molecule has 1 aromatic rings. The van der Waals surface area contributed by atoms with Crippen molar-refractivity contribution in [2.45, 2.75) is 39.3 Å². The van der Waals surface area contributed by atoms with Gasteiger partial charge in [-0.2, -0.15) is 0 Å². The lowest BCUT2D eigenvalue weighted by molar-refractivity contribution is 0.0699. The molecule has 1 heterocycles. The van der Waals surface area contributed by atoms with Crippen LogP contribution in [-0.4, -0.2) is 27.2 Å². The summed E-state index contributed by atoms with van der Waals surface area (Å²) >= 11 is 0. The fourth-order valence-electron chi connectivity index (χ4n) is 1.67. The molecule has 90 valence electrons. The summed E-state index contributed by atoms with van der Waals surface area (Å²) in [6.45, 7) is 12.7. The molecule has 1 N–H and O–H groups in total. The van der Waals surface area contributed by atoms with Crippen LogP contribution in [0.1, 0.15) is 10.4 Å². The topological polar surface area (TPSA) is 50.4 Å². The van der Waals surface area contributed by atoms with E-state index in [-0.39, 0.29) is 0 Å². The molecule has 0 amide bonds. The van der Waals surface area contributed by atoms with E-state index < -0.39 is 22.1 Å². The van der Waals surface area contributed by atoms with Crippen molar-refractivity contribution < 1.29 is 14.3 Å². The van der Waals surface area contributed by atoms with E-state index in [1.807, 2.05) is 0 Å². The summed E-state index contributed by atoms with van der Waals surface area (Å²) in [4.78, 5) is 11.4. The van der Waals surface area contributed by atoms with Crippen molar-refractivity contribution in [2.75, 3.05) is 0 Å². The summed E-state index contributed by atoms with van der Waals surface area (Å²) in [5.41, 5.74) is 0.443. The molecule has 1 aromatic heterocycles. The lowest BCUT2D eigenvalue weighted by Crippen LogP contribution is -2.46. The van der Waals surface area contributed by atoms with Gasteiger partial charge in [-0.05, 0) is 5.19 Å². The Kier molecular flexibility index (Phi) is 3.22. The lowest BCUT2D eigenvalue weighted by atomic mass is 10.3. The Morgan fingerprint density at radius 1 is 1.12 bits per heavy atom. The van der Waals surface area contributed by atoms with Gasteiger partial charge in [0, 0.05) is 0 Å². The maximum absolute atomic E-state index is 11.4. The first-order valence-corrected chi connectivity index (χ1v) is 12.4. The second kappa shape index (κ2) is 3.89. The van der Waals surface area contributed by atoms with Crippen LogP contribution in [0.15, 0.2) is 10.7 Å². The highest BCUT2D eigenvalue weighted by molar-refractivity contribution is 6.92. The van der Waals surface area contributed by atoms with Crippen LogP contribution in [0.4, 0.5) is 0 Å². The van der Waals surface area contributed by atoms with Crippen LogP contribution in [0.5, 0.6) is 0 Å². The molecule has 0 spiro atoms. The highest BCUT2D eigenvalue weighted by atomic mass is 28.3. The van der Waals surface area contributed by atoms with E-state index in [1.54, 1.807) is 6.26 Å². The zero-order valence-corrected chi connectivity index (χ0v) is 12.8. The van der Waals surface area contributed by atoms with Gasteiger partial charge in [-0.15, -0.1) is 0 Å². The standard InChI is InChI=1S/C11H20O3Si2/c1-15(2,3)8-7-14-11(16(4,5)6)9(8)10(12)13/h7H,1-6H3,(H,12,13). The number of carbonyl (C=O) groups is 1. The van der Waals surface area contributed by atoms with Gasteiger partial charge in [0.05, 0.1) is 25.3 Å². The third-order valence-electron chi connectivity index (χ3n) is 2.49. The average molecular weight is 256 g/mol. The van der Waals surface area contributed by atoms with Crippen LogP contribution in [-0.2, 0) is 0 Å². The van der Waals surface area contributed by atoms with Crippen LogP contribution in [0.3, 0.4) is 0 Å². The molecule has 0 unspecified atom stereocenters. The molecule has 0 atom stereocenters. The molecule has 5 heteroatoms. The van der Waals surface area contributed by atoms with E-state index in [0.29, 0.717) is 5.56 Å². The number of carboxylic acids is 1. The van der Waals surface area contributed by atoms with Crippen molar-refractivity contribution in [1.82, 2.24) is 0 Å². The molecule has 1 rings (SSSR count). The van der Waals surface area contributed by atoms with Gasteiger partial charge in [0.2, 0.25) is 0 Å². The van der Waals surface area contributed by atoms with E-state index in [0.717, 1.165) is 10.6 Å². The molecule has 0 bridgehead atoms. The van der Waals surface area contributed by atoms with Crippen molar-refractivity contribution in [2.24, 2.45) is 0 Å². The van der Waals surface area contributed by atoms with Crippen LogP contribution < -0.4 is 10.6 Å². The minimum atomic E-state index is -1.72. The monoisotopic (exact) mass is 256 g/mol. The fraction of sp³-hybridized carbons (Fsp3) is 0.545. The van der Waals surface area contributed by atoms with Gasteiger partial charge in [0.25, 0.3) is 0 Å². The molecule has 0 aliphatic heterocycles. The molecular formula is C11H20O3Si2. The third-order valence-corrected chi connectivity index (χ3v) is 6.21. The smallest absolute Gasteiger partial charge is 0.338 e. The molecule has 0 saturated carbocycles. The lowest BCUT2D eigenvalue weighted by Gasteiger charge is -2.17. The first-order valence-electron chi connectivity index (χ1n) is 5.41. The van der Waals surface area contributed by atoms with Gasteiger partial charge in [0.15, 0.2) is 0 Å². The van der Waals surface area contributed by atoms with Gasteiger partial charge < -0.3 is 9.52 Å². The number of rotatable bonds is 3. The number of furan rings is 1. The predicted octanol–water partition coefficient (Wildman–Crippen LogP) is 2.07. The molecule has 16 heavy (non-hydrogen) atoms.